The minimum atomic E-state index is -0.250. The number of halogens is 1. The maximum Gasteiger partial charge on any atom is 0.256 e. The zero-order chi connectivity index (χ0) is 12.7. The van der Waals surface area contributed by atoms with Gasteiger partial charge in [0.15, 0.2) is 0 Å². The summed E-state index contributed by atoms with van der Waals surface area (Å²) in [6.45, 7) is 0. The Morgan fingerprint density at radius 2 is 1.79 bits per heavy atom. The number of anilines is 1. The van der Waals surface area contributed by atoms with Crippen LogP contribution >= 0.6 is 12.4 Å². The quantitative estimate of drug-likeness (QED) is 0.772. The number of aliphatic hydroxyl groups excluding tert-OH is 1. The van der Waals surface area contributed by atoms with Crippen LogP contribution in [0, 0.1) is 0 Å². The molecule has 2 aliphatic rings. The number of fused-ring (bicyclic) bond motifs is 2. The fourth-order valence-corrected chi connectivity index (χ4v) is 3.31. The van der Waals surface area contributed by atoms with Crippen LogP contribution in [-0.4, -0.2) is 34.1 Å². The molecule has 0 spiro atoms. The lowest BCUT2D eigenvalue weighted by atomic mass is 9.98. The lowest BCUT2D eigenvalue weighted by molar-refractivity contribution is 0.0288. The van der Waals surface area contributed by atoms with Crippen molar-refractivity contribution in [2.75, 3.05) is 5.73 Å². The SMILES string of the molecule is Cl.Nc1ccccc1C(=O)N1C2CCC1CC(O)C2. The first-order chi connectivity index (χ1) is 8.66. The normalized spacial score (nSPS) is 28.9. The lowest BCUT2D eigenvalue weighted by Gasteiger charge is -2.37. The number of nitrogens with zero attached hydrogens (tertiary/aromatic N) is 1. The van der Waals surface area contributed by atoms with Crippen LogP contribution in [0.15, 0.2) is 24.3 Å². The van der Waals surface area contributed by atoms with E-state index < -0.39 is 0 Å². The van der Waals surface area contributed by atoms with Crippen LogP contribution in [0.3, 0.4) is 0 Å². The Morgan fingerprint density at radius 3 is 2.37 bits per heavy atom. The van der Waals surface area contributed by atoms with Crippen LogP contribution in [0.5, 0.6) is 0 Å². The molecular weight excluding hydrogens is 264 g/mol. The van der Waals surface area contributed by atoms with Crippen molar-refractivity contribution in [2.45, 2.75) is 43.9 Å². The van der Waals surface area contributed by atoms with Crippen LogP contribution in [0.1, 0.15) is 36.0 Å². The first-order valence-corrected chi connectivity index (χ1v) is 6.52. The van der Waals surface area contributed by atoms with Gasteiger partial charge in [0.2, 0.25) is 0 Å². The van der Waals surface area contributed by atoms with E-state index >= 15 is 0 Å². The van der Waals surface area contributed by atoms with Gasteiger partial charge >= 0.3 is 0 Å². The Balaban J connectivity index is 0.00000133. The fourth-order valence-electron chi connectivity index (χ4n) is 3.31. The number of amides is 1. The van der Waals surface area contributed by atoms with Crippen LogP contribution < -0.4 is 5.73 Å². The van der Waals surface area contributed by atoms with Crippen LogP contribution in [0.25, 0.3) is 0 Å². The lowest BCUT2D eigenvalue weighted by Crippen LogP contribution is -2.48. The molecule has 2 bridgehead atoms. The molecule has 2 heterocycles. The van der Waals surface area contributed by atoms with Gasteiger partial charge in [-0.3, -0.25) is 4.79 Å². The van der Waals surface area contributed by atoms with E-state index in [-0.39, 0.29) is 36.5 Å². The molecule has 0 aliphatic carbocycles. The Morgan fingerprint density at radius 1 is 1.21 bits per heavy atom. The number of nitrogens with two attached hydrogens (primary N) is 1. The zero-order valence-electron chi connectivity index (χ0n) is 10.7. The van der Waals surface area contributed by atoms with Gasteiger partial charge < -0.3 is 15.7 Å². The van der Waals surface area contributed by atoms with Gasteiger partial charge in [0.05, 0.1) is 11.7 Å². The highest BCUT2D eigenvalue weighted by Crippen LogP contribution is 2.37. The molecule has 1 aromatic carbocycles. The molecule has 0 saturated carbocycles. The van der Waals surface area contributed by atoms with Gasteiger partial charge in [-0.2, -0.15) is 0 Å². The molecule has 0 aromatic heterocycles. The third-order valence-corrected chi connectivity index (χ3v) is 4.13. The number of carbonyl (C=O) groups is 1. The predicted molar refractivity (Wildman–Crippen MR) is 76.3 cm³/mol. The molecule has 4 nitrogen and oxygen atoms in total. The topological polar surface area (TPSA) is 66.6 Å². The molecule has 0 radical (unpaired) electrons. The summed E-state index contributed by atoms with van der Waals surface area (Å²) in [5.74, 6) is 0.0208. The summed E-state index contributed by atoms with van der Waals surface area (Å²) in [6, 6.07) is 7.58. The van der Waals surface area contributed by atoms with Gasteiger partial charge in [-0.15, -0.1) is 12.4 Å². The van der Waals surface area contributed by atoms with E-state index in [1.165, 1.54) is 0 Å². The molecule has 1 amide bonds. The summed E-state index contributed by atoms with van der Waals surface area (Å²) in [5, 5.41) is 9.75. The molecule has 3 rings (SSSR count). The Bertz CT molecular complexity index is 466. The monoisotopic (exact) mass is 282 g/mol. The maximum atomic E-state index is 12.6. The first-order valence-electron chi connectivity index (χ1n) is 6.52. The molecule has 2 unspecified atom stereocenters. The number of hydrogen-bond donors (Lipinski definition) is 2. The minimum absolute atomic E-state index is 0. The van der Waals surface area contributed by atoms with Gasteiger partial charge in [-0.1, -0.05) is 12.1 Å². The van der Waals surface area contributed by atoms with Crippen molar-refractivity contribution >= 4 is 24.0 Å². The molecule has 2 saturated heterocycles. The van der Waals surface area contributed by atoms with Gasteiger partial charge in [-0.25, -0.2) is 0 Å². The van der Waals surface area contributed by atoms with E-state index in [0.29, 0.717) is 24.1 Å². The van der Waals surface area contributed by atoms with Crippen molar-refractivity contribution in [1.29, 1.82) is 0 Å². The summed E-state index contributed by atoms with van der Waals surface area (Å²) in [6.07, 6.45) is 3.16. The van der Waals surface area contributed by atoms with Crippen LogP contribution in [-0.2, 0) is 0 Å². The highest BCUT2D eigenvalue weighted by atomic mass is 35.5. The molecule has 2 atom stereocenters. The number of hydrogen-bond acceptors (Lipinski definition) is 3. The van der Waals surface area contributed by atoms with Gasteiger partial charge in [0, 0.05) is 17.8 Å². The van der Waals surface area contributed by atoms with Crippen molar-refractivity contribution in [1.82, 2.24) is 4.90 Å². The number of piperidine rings is 1. The first kappa shape index (κ1) is 14.2. The number of nitrogen functional groups attached to an aromatic ring is 1. The highest BCUT2D eigenvalue weighted by Gasteiger charge is 2.43. The summed E-state index contributed by atoms with van der Waals surface area (Å²) in [5.41, 5.74) is 6.99. The van der Waals surface area contributed by atoms with Crippen LogP contribution in [0.2, 0.25) is 0 Å². The summed E-state index contributed by atoms with van der Waals surface area (Å²) < 4.78 is 0. The number of benzene rings is 1. The van der Waals surface area contributed by atoms with Crippen LogP contribution in [0.4, 0.5) is 5.69 Å². The predicted octanol–water partition coefficient (Wildman–Crippen LogP) is 1.82. The smallest absolute Gasteiger partial charge is 0.256 e. The van der Waals surface area contributed by atoms with E-state index in [9.17, 15) is 9.90 Å². The molecule has 3 N–H and O–H groups in total. The standard InChI is InChI=1S/C14H18N2O2.ClH/c15-13-4-2-1-3-12(13)14(18)16-9-5-6-10(16)8-11(17)7-9;/h1-4,9-11,17H,5-8,15H2;1H. The molecule has 2 fully saturated rings. The Labute approximate surface area is 119 Å². The van der Waals surface area contributed by atoms with Crippen molar-refractivity contribution in [2.24, 2.45) is 0 Å². The molecule has 1 aromatic rings. The van der Waals surface area contributed by atoms with Crippen molar-refractivity contribution < 1.29 is 9.90 Å². The second-order valence-electron chi connectivity index (χ2n) is 5.31. The van der Waals surface area contributed by atoms with E-state index in [2.05, 4.69) is 0 Å². The van der Waals surface area contributed by atoms with Crippen molar-refractivity contribution in [3.8, 4) is 0 Å². The van der Waals surface area contributed by atoms with E-state index in [1.54, 1.807) is 12.1 Å². The Hall–Kier alpha value is -1.26. The van der Waals surface area contributed by atoms with E-state index in [1.807, 2.05) is 17.0 Å². The number of carbonyl (C=O) groups excluding carboxylic acids is 1. The zero-order valence-corrected chi connectivity index (χ0v) is 11.5. The number of rotatable bonds is 1. The average molecular weight is 283 g/mol. The average Bonchev–Trinajstić information content (AvgIpc) is 2.61. The Kier molecular flexibility index (Phi) is 4.02. The van der Waals surface area contributed by atoms with E-state index in [0.717, 1.165) is 12.8 Å². The molecular formula is C14H19ClN2O2. The summed E-state index contributed by atoms with van der Waals surface area (Å²) in [4.78, 5) is 14.5. The molecule has 104 valence electrons. The van der Waals surface area contributed by atoms with Gasteiger partial charge in [0.25, 0.3) is 5.91 Å². The maximum absolute atomic E-state index is 12.6. The second kappa shape index (κ2) is 5.39. The third kappa shape index (κ3) is 2.42. The molecule has 5 heteroatoms. The summed E-state index contributed by atoms with van der Waals surface area (Å²) in [7, 11) is 0. The van der Waals surface area contributed by atoms with Crippen molar-refractivity contribution in [3.63, 3.8) is 0 Å². The fraction of sp³-hybridized carbons (Fsp3) is 0.500. The van der Waals surface area contributed by atoms with Gasteiger partial charge in [0.1, 0.15) is 0 Å². The van der Waals surface area contributed by atoms with Crippen molar-refractivity contribution in [3.05, 3.63) is 29.8 Å². The number of para-hydroxylation sites is 1. The molecule has 19 heavy (non-hydrogen) atoms. The second-order valence-corrected chi connectivity index (χ2v) is 5.31. The van der Waals surface area contributed by atoms with E-state index in [4.69, 9.17) is 5.73 Å². The molecule has 2 aliphatic heterocycles. The summed E-state index contributed by atoms with van der Waals surface area (Å²) >= 11 is 0. The third-order valence-electron chi connectivity index (χ3n) is 4.13. The minimum Gasteiger partial charge on any atom is -0.398 e. The largest absolute Gasteiger partial charge is 0.398 e. The van der Waals surface area contributed by atoms with Gasteiger partial charge in [-0.05, 0) is 37.8 Å². The highest BCUT2D eigenvalue weighted by molar-refractivity contribution is 5.99. The number of aliphatic hydroxyl groups is 1.